The summed E-state index contributed by atoms with van der Waals surface area (Å²) in [7, 11) is 0. The molecule has 0 aromatic heterocycles. The SMILES string of the molecule is CCSC(N)=Nc1ccc(C(=O)Oc2ccc3cc(C(=N)N)ccc3c2)cc1. The van der Waals surface area contributed by atoms with Gasteiger partial charge >= 0.3 is 5.97 Å². The van der Waals surface area contributed by atoms with E-state index in [1.54, 1.807) is 42.5 Å². The molecule has 0 radical (unpaired) electrons. The second kappa shape index (κ2) is 8.58. The number of thioether (sulfide) groups is 1. The van der Waals surface area contributed by atoms with Crippen molar-refractivity contribution in [2.45, 2.75) is 6.92 Å². The van der Waals surface area contributed by atoms with Crippen LogP contribution in [-0.2, 0) is 0 Å². The van der Waals surface area contributed by atoms with Crippen LogP contribution in [0.5, 0.6) is 5.75 Å². The van der Waals surface area contributed by atoms with Gasteiger partial charge in [0.15, 0.2) is 5.17 Å². The molecule has 3 aromatic rings. The lowest BCUT2D eigenvalue weighted by Crippen LogP contribution is -2.10. The van der Waals surface area contributed by atoms with Gasteiger partial charge in [-0.05, 0) is 59.0 Å². The van der Waals surface area contributed by atoms with E-state index in [0.717, 1.165) is 16.5 Å². The van der Waals surface area contributed by atoms with Gasteiger partial charge in [0, 0.05) is 5.56 Å². The van der Waals surface area contributed by atoms with E-state index >= 15 is 0 Å². The molecule has 28 heavy (non-hydrogen) atoms. The number of esters is 1. The second-order valence-corrected chi connectivity index (χ2v) is 7.24. The van der Waals surface area contributed by atoms with Gasteiger partial charge < -0.3 is 16.2 Å². The minimum atomic E-state index is -0.453. The lowest BCUT2D eigenvalue weighted by Gasteiger charge is -2.07. The van der Waals surface area contributed by atoms with Gasteiger partial charge in [-0.15, -0.1) is 0 Å². The fourth-order valence-electron chi connectivity index (χ4n) is 2.60. The minimum absolute atomic E-state index is 0.0141. The summed E-state index contributed by atoms with van der Waals surface area (Å²) in [5.41, 5.74) is 13.1. The first-order valence-electron chi connectivity index (χ1n) is 8.63. The number of nitrogens with one attached hydrogen (secondary N) is 1. The number of nitrogens with zero attached hydrogens (tertiary/aromatic N) is 1. The van der Waals surface area contributed by atoms with Crippen LogP contribution in [0.15, 0.2) is 65.7 Å². The molecule has 0 aliphatic rings. The van der Waals surface area contributed by atoms with Crippen molar-refractivity contribution in [3.05, 3.63) is 71.8 Å². The standard InChI is InChI=1S/C21H20N4O2S/c1-2-28-21(24)25-17-8-5-13(6-9-17)20(26)27-18-10-7-14-11-16(19(22)23)4-3-15(14)12-18/h3-12H,2H2,1H3,(H3,22,23)(H2,24,25). The van der Waals surface area contributed by atoms with Crippen molar-refractivity contribution < 1.29 is 9.53 Å². The van der Waals surface area contributed by atoms with Gasteiger partial charge in [-0.25, -0.2) is 9.79 Å². The van der Waals surface area contributed by atoms with Crippen LogP contribution >= 0.6 is 11.8 Å². The summed E-state index contributed by atoms with van der Waals surface area (Å²) in [4.78, 5) is 16.7. The molecule has 0 saturated carbocycles. The van der Waals surface area contributed by atoms with Crippen LogP contribution in [0, 0.1) is 5.41 Å². The average Bonchev–Trinajstić information content (AvgIpc) is 2.68. The molecule has 0 heterocycles. The van der Waals surface area contributed by atoms with Crippen LogP contribution in [0.25, 0.3) is 10.8 Å². The average molecular weight is 392 g/mol. The van der Waals surface area contributed by atoms with Gasteiger partial charge in [0.25, 0.3) is 0 Å². The number of aliphatic imine (C=N–C) groups is 1. The van der Waals surface area contributed by atoms with Crippen LogP contribution in [-0.4, -0.2) is 22.7 Å². The van der Waals surface area contributed by atoms with Crippen molar-refractivity contribution >= 4 is 45.2 Å². The number of hydrogen-bond acceptors (Lipinski definition) is 5. The first-order chi connectivity index (χ1) is 13.5. The molecule has 0 amide bonds. The number of benzene rings is 3. The third-order valence-electron chi connectivity index (χ3n) is 3.97. The van der Waals surface area contributed by atoms with Gasteiger partial charge in [0.05, 0.1) is 11.3 Å². The maximum atomic E-state index is 12.4. The molecular formula is C21H20N4O2S. The minimum Gasteiger partial charge on any atom is -0.423 e. The van der Waals surface area contributed by atoms with Crippen LogP contribution in [0.1, 0.15) is 22.8 Å². The quantitative estimate of drug-likeness (QED) is 0.262. The van der Waals surface area contributed by atoms with Gasteiger partial charge in [0.2, 0.25) is 0 Å². The van der Waals surface area contributed by atoms with E-state index in [0.29, 0.717) is 27.7 Å². The van der Waals surface area contributed by atoms with E-state index < -0.39 is 5.97 Å². The van der Waals surface area contributed by atoms with Crippen molar-refractivity contribution in [2.24, 2.45) is 16.5 Å². The molecular weight excluding hydrogens is 372 g/mol. The van der Waals surface area contributed by atoms with E-state index in [4.69, 9.17) is 21.6 Å². The molecule has 7 heteroatoms. The zero-order valence-corrected chi connectivity index (χ0v) is 16.1. The van der Waals surface area contributed by atoms with Crippen molar-refractivity contribution in [3.63, 3.8) is 0 Å². The Morgan fingerprint density at radius 1 is 1.00 bits per heavy atom. The molecule has 6 nitrogen and oxygen atoms in total. The summed E-state index contributed by atoms with van der Waals surface area (Å²) in [6.07, 6.45) is 0. The molecule has 0 aliphatic carbocycles. The summed E-state index contributed by atoms with van der Waals surface area (Å²) in [6, 6.07) is 17.5. The summed E-state index contributed by atoms with van der Waals surface area (Å²) < 4.78 is 5.48. The first-order valence-corrected chi connectivity index (χ1v) is 9.62. The number of nitrogen functional groups attached to an aromatic ring is 1. The Hall–Kier alpha value is -3.32. The molecule has 0 bridgehead atoms. The first kappa shape index (κ1) is 19.4. The fourth-order valence-corrected chi connectivity index (χ4v) is 3.07. The molecule has 3 rings (SSSR count). The van der Waals surface area contributed by atoms with Crippen molar-refractivity contribution in [1.29, 1.82) is 5.41 Å². The van der Waals surface area contributed by atoms with Crippen LogP contribution < -0.4 is 16.2 Å². The Kier molecular flexibility index (Phi) is 5.96. The van der Waals surface area contributed by atoms with Crippen LogP contribution in [0.2, 0.25) is 0 Å². The number of carbonyl (C=O) groups is 1. The molecule has 0 saturated heterocycles. The predicted molar refractivity (Wildman–Crippen MR) is 116 cm³/mol. The summed E-state index contributed by atoms with van der Waals surface area (Å²) in [5.74, 6) is 0.854. The van der Waals surface area contributed by atoms with E-state index in [1.807, 2.05) is 25.1 Å². The number of nitrogens with two attached hydrogens (primary N) is 2. The van der Waals surface area contributed by atoms with E-state index in [-0.39, 0.29) is 5.84 Å². The predicted octanol–water partition coefficient (Wildman–Crippen LogP) is 4.04. The molecule has 5 N–H and O–H groups in total. The number of amidine groups is 2. The van der Waals surface area contributed by atoms with Crippen LogP contribution in [0.4, 0.5) is 5.69 Å². The Morgan fingerprint density at radius 2 is 1.64 bits per heavy atom. The number of fused-ring (bicyclic) bond motifs is 1. The molecule has 0 spiro atoms. The Labute approximate surface area is 167 Å². The zero-order valence-electron chi connectivity index (χ0n) is 15.3. The molecule has 0 aliphatic heterocycles. The van der Waals surface area contributed by atoms with Crippen molar-refractivity contribution in [1.82, 2.24) is 0 Å². The maximum Gasteiger partial charge on any atom is 0.343 e. The highest BCUT2D eigenvalue weighted by Gasteiger charge is 2.09. The summed E-state index contributed by atoms with van der Waals surface area (Å²) in [6.45, 7) is 2.00. The van der Waals surface area contributed by atoms with Crippen molar-refractivity contribution in [2.75, 3.05) is 5.75 Å². The fraction of sp³-hybridized carbons (Fsp3) is 0.0952. The van der Waals surface area contributed by atoms with Gasteiger partial charge in [-0.3, -0.25) is 5.41 Å². The smallest absolute Gasteiger partial charge is 0.343 e. The third kappa shape index (κ3) is 4.69. The van der Waals surface area contributed by atoms with E-state index in [2.05, 4.69) is 4.99 Å². The highest BCUT2D eigenvalue weighted by atomic mass is 32.2. The Bertz CT molecular complexity index is 1060. The van der Waals surface area contributed by atoms with E-state index in [9.17, 15) is 4.79 Å². The molecule has 0 atom stereocenters. The zero-order chi connectivity index (χ0) is 20.1. The summed E-state index contributed by atoms with van der Waals surface area (Å²) >= 11 is 1.46. The largest absolute Gasteiger partial charge is 0.423 e. The number of ether oxygens (including phenoxy) is 1. The molecule has 0 fully saturated rings. The van der Waals surface area contributed by atoms with Gasteiger partial charge in [-0.2, -0.15) is 0 Å². The van der Waals surface area contributed by atoms with Gasteiger partial charge in [-0.1, -0.05) is 36.9 Å². The normalized spacial score (nSPS) is 11.4. The van der Waals surface area contributed by atoms with Crippen LogP contribution in [0.3, 0.4) is 0 Å². The lowest BCUT2D eigenvalue weighted by atomic mass is 10.1. The lowest BCUT2D eigenvalue weighted by molar-refractivity contribution is 0.0735. The molecule has 3 aromatic carbocycles. The second-order valence-electron chi connectivity index (χ2n) is 5.96. The highest BCUT2D eigenvalue weighted by molar-refractivity contribution is 8.13. The third-order valence-corrected chi connectivity index (χ3v) is 4.64. The summed E-state index contributed by atoms with van der Waals surface area (Å²) in [5, 5.41) is 9.80. The Balaban J connectivity index is 1.74. The number of hydrogen-bond donors (Lipinski definition) is 3. The topological polar surface area (TPSA) is 115 Å². The highest BCUT2D eigenvalue weighted by Crippen LogP contribution is 2.23. The maximum absolute atomic E-state index is 12.4. The molecule has 142 valence electrons. The number of carbonyl (C=O) groups excluding carboxylic acids is 1. The van der Waals surface area contributed by atoms with Crippen molar-refractivity contribution in [3.8, 4) is 5.75 Å². The monoisotopic (exact) mass is 392 g/mol. The Morgan fingerprint density at radius 3 is 2.32 bits per heavy atom. The van der Waals surface area contributed by atoms with Gasteiger partial charge in [0.1, 0.15) is 11.6 Å². The number of rotatable bonds is 5. The van der Waals surface area contributed by atoms with E-state index in [1.165, 1.54) is 11.8 Å². The molecule has 0 unspecified atom stereocenters.